The van der Waals surface area contributed by atoms with Crippen LogP contribution in [0.4, 0.5) is 0 Å². The largest absolute Gasteiger partial charge is 0.393 e. The second-order valence-electron chi connectivity index (χ2n) is 3.45. The van der Waals surface area contributed by atoms with Gasteiger partial charge in [0, 0.05) is 29.0 Å². The SMILES string of the molecule is CCCOCCC(O)Cc1sccc1Br. The Bertz CT molecular complexity index is 275. The highest BCUT2D eigenvalue weighted by atomic mass is 79.9. The molecule has 1 rings (SSSR count). The molecule has 0 aliphatic carbocycles. The van der Waals surface area contributed by atoms with Crippen molar-refractivity contribution in [3.05, 3.63) is 20.8 Å². The van der Waals surface area contributed by atoms with Gasteiger partial charge >= 0.3 is 0 Å². The fraction of sp³-hybridized carbons (Fsp3) is 0.636. The zero-order valence-corrected chi connectivity index (χ0v) is 11.3. The van der Waals surface area contributed by atoms with Crippen molar-refractivity contribution in [2.75, 3.05) is 13.2 Å². The van der Waals surface area contributed by atoms with Crippen molar-refractivity contribution < 1.29 is 9.84 Å². The number of hydrogen-bond donors (Lipinski definition) is 1. The zero-order valence-electron chi connectivity index (χ0n) is 8.91. The minimum Gasteiger partial charge on any atom is -0.393 e. The Kier molecular flexibility index (Phi) is 6.48. The molecule has 0 radical (unpaired) electrons. The van der Waals surface area contributed by atoms with Gasteiger partial charge in [0.15, 0.2) is 0 Å². The van der Waals surface area contributed by atoms with Crippen LogP contribution in [-0.2, 0) is 11.2 Å². The monoisotopic (exact) mass is 292 g/mol. The van der Waals surface area contributed by atoms with Crippen LogP contribution in [0, 0.1) is 0 Å². The highest BCUT2D eigenvalue weighted by molar-refractivity contribution is 9.10. The molecule has 1 aromatic rings. The first-order valence-corrected chi connectivity index (χ1v) is 6.89. The first-order valence-electron chi connectivity index (χ1n) is 5.21. The molecule has 0 saturated carbocycles. The zero-order chi connectivity index (χ0) is 11.1. The molecule has 0 aliphatic rings. The lowest BCUT2D eigenvalue weighted by Crippen LogP contribution is -2.13. The molecule has 1 unspecified atom stereocenters. The van der Waals surface area contributed by atoms with Crippen LogP contribution in [0.1, 0.15) is 24.6 Å². The number of rotatable bonds is 7. The molecule has 1 heterocycles. The van der Waals surface area contributed by atoms with Crippen LogP contribution in [0.2, 0.25) is 0 Å². The van der Waals surface area contributed by atoms with E-state index in [1.807, 2.05) is 11.4 Å². The minimum atomic E-state index is -0.295. The molecule has 86 valence electrons. The first-order chi connectivity index (χ1) is 7.24. The van der Waals surface area contributed by atoms with Crippen LogP contribution in [0.25, 0.3) is 0 Å². The maximum atomic E-state index is 9.75. The molecule has 0 bridgehead atoms. The van der Waals surface area contributed by atoms with Crippen molar-refractivity contribution in [1.82, 2.24) is 0 Å². The summed E-state index contributed by atoms with van der Waals surface area (Å²) in [5.74, 6) is 0. The molecular formula is C11H17BrO2S. The van der Waals surface area contributed by atoms with Crippen LogP contribution >= 0.6 is 27.3 Å². The van der Waals surface area contributed by atoms with E-state index in [9.17, 15) is 5.11 Å². The average molecular weight is 293 g/mol. The van der Waals surface area contributed by atoms with E-state index >= 15 is 0 Å². The number of hydrogen-bond acceptors (Lipinski definition) is 3. The fourth-order valence-corrected chi connectivity index (χ4v) is 2.84. The predicted octanol–water partition coefficient (Wildman–Crippen LogP) is 3.23. The van der Waals surface area contributed by atoms with E-state index in [-0.39, 0.29) is 6.10 Å². The topological polar surface area (TPSA) is 29.5 Å². The summed E-state index contributed by atoms with van der Waals surface area (Å²) in [6, 6.07) is 2.01. The molecule has 0 amide bonds. The molecular weight excluding hydrogens is 276 g/mol. The predicted molar refractivity (Wildman–Crippen MR) is 67.5 cm³/mol. The number of aliphatic hydroxyl groups is 1. The number of ether oxygens (including phenoxy) is 1. The van der Waals surface area contributed by atoms with Gasteiger partial charge in [-0.2, -0.15) is 0 Å². The van der Waals surface area contributed by atoms with Gasteiger partial charge < -0.3 is 9.84 Å². The van der Waals surface area contributed by atoms with E-state index in [0.717, 1.165) is 17.5 Å². The summed E-state index contributed by atoms with van der Waals surface area (Å²) in [7, 11) is 0. The molecule has 0 saturated heterocycles. The summed E-state index contributed by atoms with van der Waals surface area (Å²) < 4.78 is 6.43. The lowest BCUT2D eigenvalue weighted by Gasteiger charge is -2.09. The smallest absolute Gasteiger partial charge is 0.0610 e. The van der Waals surface area contributed by atoms with Crippen LogP contribution in [0.5, 0.6) is 0 Å². The number of thiophene rings is 1. The van der Waals surface area contributed by atoms with Crippen molar-refractivity contribution >= 4 is 27.3 Å². The Morgan fingerprint density at radius 2 is 2.33 bits per heavy atom. The third-order valence-electron chi connectivity index (χ3n) is 2.06. The normalized spacial score (nSPS) is 13.0. The lowest BCUT2D eigenvalue weighted by atomic mass is 10.2. The molecule has 2 nitrogen and oxygen atoms in total. The Morgan fingerprint density at radius 3 is 2.93 bits per heavy atom. The van der Waals surface area contributed by atoms with Gasteiger partial charge in [-0.1, -0.05) is 6.92 Å². The summed E-state index contributed by atoms with van der Waals surface area (Å²) in [5.41, 5.74) is 0. The van der Waals surface area contributed by atoms with Gasteiger partial charge in [-0.25, -0.2) is 0 Å². The van der Waals surface area contributed by atoms with Crippen LogP contribution in [0.3, 0.4) is 0 Å². The van der Waals surface area contributed by atoms with Crippen LogP contribution in [-0.4, -0.2) is 24.4 Å². The van der Waals surface area contributed by atoms with Gasteiger partial charge in [-0.3, -0.25) is 0 Å². The van der Waals surface area contributed by atoms with Crippen molar-refractivity contribution in [2.24, 2.45) is 0 Å². The second kappa shape index (κ2) is 7.39. The molecule has 0 aromatic carbocycles. The summed E-state index contributed by atoms with van der Waals surface area (Å²) >= 11 is 5.13. The molecule has 4 heteroatoms. The maximum Gasteiger partial charge on any atom is 0.0610 e. The first kappa shape index (κ1) is 13.2. The van der Waals surface area contributed by atoms with Crippen molar-refractivity contribution in [3.8, 4) is 0 Å². The highest BCUT2D eigenvalue weighted by Gasteiger charge is 2.09. The third kappa shape index (κ3) is 5.11. The van der Waals surface area contributed by atoms with Gasteiger partial charge in [-0.15, -0.1) is 11.3 Å². The second-order valence-corrected chi connectivity index (χ2v) is 5.31. The Morgan fingerprint density at radius 1 is 1.53 bits per heavy atom. The van der Waals surface area contributed by atoms with Gasteiger partial charge in [0.1, 0.15) is 0 Å². The summed E-state index contributed by atoms with van der Waals surface area (Å²) in [6.45, 7) is 3.52. The van der Waals surface area contributed by atoms with Gasteiger partial charge in [0.2, 0.25) is 0 Å². The van der Waals surface area contributed by atoms with Gasteiger partial charge in [-0.05, 0) is 40.2 Å². The van der Waals surface area contributed by atoms with Crippen LogP contribution < -0.4 is 0 Å². The molecule has 1 aromatic heterocycles. The van der Waals surface area contributed by atoms with Crippen molar-refractivity contribution in [1.29, 1.82) is 0 Å². The average Bonchev–Trinajstić information content (AvgIpc) is 2.59. The molecule has 1 N–H and O–H groups in total. The maximum absolute atomic E-state index is 9.75. The highest BCUT2D eigenvalue weighted by Crippen LogP contribution is 2.24. The van der Waals surface area contributed by atoms with E-state index in [2.05, 4.69) is 22.9 Å². The lowest BCUT2D eigenvalue weighted by molar-refractivity contribution is 0.0827. The molecule has 0 aliphatic heterocycles. The molecule has 1 atom stereocenters. The summed E-state index contributed by atoms with van der Waals surface area (Å²) in [6.07, 6.45) is 2.17. The summed E-state index contributed by atoms with van der Waals surface area (Å²) in [5, 5.41) is 11.8. The third-order valence-corrected chi connectivity index (χ3v) is 4.00. The Labute approximate surface area is 103 Å². The molecule has 0 fully saturated rings. The number of aliphatic hydroxyl groups excluding tert-OH is 1. The number of halogens is 1. The van der Waals surface area contributed by atoms with Crippen molar-refractivity contribution in [2.45, 2.75) is 32.3 Å². The van der Waals surface area contributed by atoms with E-state index < -0.39 is 0 Å². The fourth-order valence-electron chi connectivity index (χ4n) is 1.25. The van der Waals surface area contributed by atoms with Crippen LogP contribution in [0.15, 0.2) is 15.9 Å². The standard InChI is InChI=1S/C11H17BrO2S/c1-2-5-14-6-3-9(13)8-11-10(12)4-7-15-11/h4,7,9,13H,2-3,5-6,8H2,1H3. The van der Waals surface area contributed by atoms with Gasteiger partial charge in [0.25, 0.3) is 0 Å². The molecule has 15 heavy (non-hydrogen) atoms. The van der Waals surface area contributed by atoms with E-state index in [4.69, 9.17) is 4.74 Å². The van der Waals surface area contributed by atoms with Crippen molar-refractivity contribution in [3.63, 3.8) is 0 Å². The Hall–Kier alpha value is 0.100. The minimum absolute atomic E-state index is 0.295. The van der Waals surface area contributed by atoms with Gasteiger partial charge in [0.05, 0.1) is 6.10 Å². The van der Waals surface area contributed by atoms with E-state index in [1.54, 1.807) is 11.3 Å². The van der Waals surface area contributed by atoms with E-state index in [1.165, 1.54) is 4.88 Å². The summed E-state index contributed by atoms with van der Waals surface area (Å²) in [4.78, 5) is 1.21. The van der Waals surface area contributed by atoms with E-state index in [0.29, 0.717) is 19.4 Å². The Balaban J connectivity index is 2.18. The quantitative estimate of drug-likeness (QED) is 0.782. The molecule has 0 spiro atoms.